The molecule has 6 heteroatoms. The summed E-state index contributed by atoms with van der Waals surface area (Å²) in [5.74, 6) is 0.948. The van der Waals surface area contributed by atoms with E-state index in [1.54, 1.807) is 4.90 Å². The minimum absolute atomic E-state index is 0.224. The molecular weight excluding hydrogens is 310 g/mol. The van der Waals surface area contributed by atoms with Gasteiger partial charge in [-0.05, 0) is 41.4 Å². The van der Waals surface area contributed by atoms with Crippen LogP contribution in [-0.4, -0.2) is 48.8 Å². The zero-order valence-corrected chi connectivity index (χ0v) is 12.8. The van der Waals surface area contributed by atoms with Crippen molar-refractivity contribution in [2.24, 2.45) is 0 Å². The van der Waals surface area contributed by atoms with Gasteiger partial charge in [-0.2, -0.15) is 0 Å². The monoisotopic (exact) mass is 327 g/mol. The molecule has 1 amide bonds. The lowest BCUT2D eigenvalue weighted by Crippen LogP contribution is -2.49. The molecule has 1 aromatic heterocycles. The number of piperazine rings is 1. The van der Waals surface area contributed by atoms with Crippen LogP contribution >= 0.6 is 15.9 Å². The lowest BCUT2D eigenvalue weighted by molar-refractivity contribution is 0.105. The van der Waals surface area contributed by atoms with Crippen molar-refractivity contribution in [3.63, 3.8) is 0 Å². The van der Waals surface area contributed by atoms with Crippen LogP contribution in [-0.2, 0) is 4.74 Å². The lowest BCUT2D eigenvalue weighted by Gasteiger charge is -2.35. The number of rotatable bonds is 2. The second-order valence-electron chi connectivity index (χ2n) is 4.44. The number of carbonyl (C=O) groups excluding carboxylic acids is 1. The van der Waals surface area contributed by atoms with E-state index in [0.29, 0.717) is 19.7 Å². The molecule has 1 fully saturated rings. The molecule has 2 heterocycles. The van der Waals surface area contributed by atoms with Crippen molar-refractivity contribution in [1.82, 2.24) is 9.88 Å². The Labute approximate surface area is 121 Å². The fraction of sp³-hybridized carbons (Fsp3) is 0.538. The highest BCUT2D eigenvalue weighted by Crippen LogP contribution is 2.27. The Bertz CT molecular complexity index is 459. The largest absolute Gasteiger partial charge is 0.450 e. The first-order chi connectivity index (χ1) is 9.13. The van der Waals surface area contributed by atoms with Crippen molar-refractivity contribution in [1.29, 1.82) is 0 Å². The van der Waals surface area contributed by atoms with Crippen LogP contribution in [0.15, 0.2) is 16.7 Å². The van der Waals surface area contributed by atoms with Crippen LogP contribution in [0.2, 0.25) is 0 Å². The maximum absolute atomic E-state index is 11.6. The van der Waals surface area contributed by atoms with Crippen LogP contribution in [0, 0.1) is 6.92 Å². The number of pyridine rings is 1. The summed E-state index contributed by atoms with van der Waals surface area (Å²) < 4.78 is 6.04. The third kappa shape index (κ3) is 3.18. The maximum Gasteiger partial charge on any atom is 0.409 e. The van der Waals surface area contributed by atoms with Gasteiger partial charge in [0.05, 0.1) is 11.1 Å². The number of hydrogen-bond donors (Lipinski definition) is 0. The molecule has 5 nitrogen and oxygen atoms in total. The van der Waals surface area contributed by atoms with E-state index in [4.69, 9.17) is 4.74 Å². The smallest absolute Gasteiger partial charge is 0.409 e. The summed E-state index contributed by atoms with van der Waals surface area (Å²) in [7, 11) is 0. The molecular formula is C13H18BrN3O2. The molecule has 104 valence electrons. The summed E-state index contributed by atoms with van der Waals surface area (Å²) in [4.78, 5) is 20.0. The van der Waals surface area contributed by atoms with Gasteiger partial charge in [-0.3, -0.25) is 0 Å². The second-order valence-corrected chi connectivity index (χ2v) is 5.23. The first-order valence-electron chi connectivity index (χ1n) is 6.41. The maximum atomic E-state index is 11.6. The number of amides is 1. The summed E-state index contributed by atoms with van der Waals surface area (Å²) in [6, 6.07) is 1.97. The van der Waals surface area contributed by atoms with Crippen molar-refractivity contribution in [2.75, 3.05) is 37.7 Å². The van der Waals surface area contributed by atoms with Crippen LogP contribution in [0.25, 0.3) is 0 Å². The van der Waals surface area contributed by atoms with Gasteiger partial charge in [0.25, 0.3) is 0 Å². The normalized spacial score (nSPS) is 15.5. The molecule has 1 aliphatic rings. The Morgan fingerprint density at radius 3 is 2.74 bits per heavy atom. The van der Waals surface area contributed by atoms with E-state index >= 15 is 0 Å². The van der Waals surface area contributed by atoms with Crippen LogP contribution < -0.4 is 4.90 Å². The van der Waals surface area contributed by atoms with Crippen LogP contribution in [0.3, 0.4) is 0 Å². The molecule has 0 radical (unpaired) electrons. The molecule has 0 N–H and O–H groups in total. The number of nitrogens with zero attached hydrogens (tertiary/aromatic N) is 3. The Balaban J connectivity index is 2.00. The predicted molar refractivity (Wildman–Crippen MR) is 77.5 cm³/mol. The molecule has 0 aromatic carbocycles. The van der Waals surface area contributed by atoms with Crippen molar-refractivity contribution in [2.45, 2.75) is 13.8 Å². The Hall–Kier alpha value is -1.30. The summed E-state index contributed by atoms with van der Waals surface area (Å²) >= 11 is 3.58. The minimum Gasteiger partial charge on any atom is -0.450 e. The molecule has 1 aliphatic heterocycles. The minimum atomic E-state index is -0.224. The molecule has 19 heavy (non-hydrogen) atoms. The number of ether oxygens (including phenoxy) is 1. The predicted octanol–water partition coefficient (Wildman–Crippen LogP) is 2.43. The lowest BCUT2D eigenvalue weighted by atomic mass is 10.2. The fourth-order valence-electron chi connectivity index (χ4n) is 2.06. The highest BCUT2D eigenvalue weighted by atomic mass is 79.9. The zero-order chi connectivity index (χ0) is 13.8. The molecule has 2 rings (SSSR count). The number of hydrogen-bond acceptors (Lipinski definition) is 4. The van der Waals surface area contributed by atoms with E-state index in [2.05, 4.69) is 25.8 Å². The number of halogens is 1. The van der Waals surface area contributed by atoms with E-state index in [1.807, 2.05) is 26.1 Å². The van der Waals surface area contributed by atoms with Gasteiger partial charge in [0.2, 0.25) is 0 Å². The average molecular weight is 328 g/mol. The highest BCUT2D eigenvalue weighted by molar-refractivity contribution is 9.10. The Morgan fingerprint density at radius 1 is 1.42 bits per heavy atom. The third-order valence-electron chi connectivity index (χ3n) is 3.17. The standard InChI is InChI=1S/C13H18BrN3O2/c1-3-19-13(18)17-8-6-16(7-9-17)12-11(14)10(2)4-5-15-12/h4-5H,3,6-9H2,1-2H3. The van der Waals surface area contributed by atoms with Crippen molar-refractivity contribution in [3.05, 3.63) is 22.3 Å². The topological polar surface area (TPSA) is 45.7 Å². The van der Waals surface area contributed by atoms with Gasteiger partial charge < -0.3 is 14.5 Å². The quantitative estimate of drug-likeness (QED) is 0.836. The molecule has 0 saturated carbocycles. The van der Waals surface area contributed by atoms with Gasteiger partial charge in [0.1, 0.15) is 5.82 Å². The van der Waals surface area contributed by atoms with Crippen LogP contribution in [0.4, 0.5) is 10.6 Å². The van der Waals surface area contributed by atoms with Crippen LogP contribution in [0.5, 0.6) is 0 Å². The zero-order valence-electron chi connectivity index (χ0n) is 11.2. The molecule has 0 atom stereocenters. The van der Waals surface area contributed by atoms with E-state index in [1.165, 1.54) is 0 Å². The molecule has 0 unspecified atom stereocenters. The summed E-state index contributed by atoms with van der Waals surface area (Å²) in [5.41, 5.74) is 1.16. The Morgan fingerprint density at radius 2 is 2.11 bits per heavy atom. The average Bonchev–Trinajstić information content (AvgIpc) is 2.42. The van der Waals surface area contributed by atoms with Gasteiger partial charge in [-0.15, -0.1) is 0 Å². The fourth-order valence-corrected chi connectivity index (χ4v) is 2.55. The number of aromatic nitrogens is 1. The summed E-state index contributed by atoms with van der Waals surface area (Å²) in [6.07, 6.45) is 1.59. The van der Waals surface area contributed by atoms with Crippen molar-refractivity contribution < 1.29 is 9.53 Å². The van der Waals surface area contributed by atoms with E-state index in [9.17, 15) is 4.79 Å². The van der Waals surface area contributed by atoms with E-state index in [0.717, 1.165) is 28.9 Å². The molecule has 0 spiro atoms. The number of carbonyl (C=O) groups is 1. The molecule has 0 aliphatic carbocycles. The summed E-state index contributed by atoms with van der Waals surface area (Å²) in [6.45, 7) is 7.17. The molecule has 0 bridgehead atoms. The number of anilines is 1. The first-order valence-corrected chi connectivity index (χ1v) is 7.20. The second kappa shape index (κ2) is 6.23. The molecule has 1 aromatic rings. The highest BCUT2D eigenvalue weighted by Gasteiger charge is 2.23. The van der Waals surface area contributed by atoms with Crippen molar-refractivity contribution in [3.8, 4) is 0 Å². The van der Waals surface area contributed by atoms with Gasteiger partial charge in [-0.1, -0.05) is 0 Å². The van der Waals surface area contributed by atoms with E-state index < -0.39 is 0 Å². The van der Waals surface area contributed by atoms with Crippen molar-refractivity contribution >= 4 is 27.8 Å². The molecule has 1 saturated heterocycles. The third-order valence-corrected chi connectivity index (χ3v) is 4.15. The Kier molecular flexibility index (Phi) is 4.63. The summed E-state index contributed by atoms with van der Waals surface area (Å²) in [5, 5.41) is 0. The SMILES string of the molecule is CCOC(=O)N1CCN(c2nccc(C)c2Br)CC1. The first kappa shape index (κ1) is 14.1. The van der Waals surface area contributed by atoms with Crippen LogP contribution in [0.1, 0.15) is 12.5 Å². The van der Waals surface area contributed by atoms with E-state index in [-0.39, 0.29) is 6.09 Å². The van der Waals surface area contributed by atoms with Gasteiger partial charge >= 0.3 is 6.09 Å². The number of aryl methyl sites for hydroxylation is 1. The van der Waals surface area contributed by atoms with Gasteiger partial charge in [-0.25, -0.2) is 9.78 Å². The van der Waals surface area contributed by atoms with Gasteiger partial charge in [0.15, 0.2) is 0 Å². The van der Waals surface area contributed by atoms with Gasteiger partial charge in [0, 0.05) is 32.4 Å².